The largest absolute Gasteiger partial charge is 0.331 e. The van der Waals surface area contributed by atoms with E-state index in [2.05, 4.69) is 0 Å². The van der Waals surface area contributed by atoms with Gasteiger partial charge in [0.2, 0.25) is 0 Å². The summed E-state index contributed by atoms with van der Waals surface area (Å²) >= 11 is 0. The zero-order chi connectivity index (χ0) is 9.59. The summed E-state index contributed by atoms with van der Waals surface area (Å²) in [5.74, 6) is 0. The second kappa shape index (κ2) is 2.58. The van der Waals surface area contributed by atoms with Crippen LogP contribution in [0, 0.1) is 0 Å². The summed E-state index contributed by atoms with van der Waals surface area (Å²) in [6.45, 7) is 2.00. The molecular formula is C9H12N2O2. The van der Waals surface area contributed by atoms with Crippen molar-refractivity contribution in [1.82, 2.24) is 9.13 Å². The Morgan fingerprint density at radius 3 is 2.85 bits per heavy atom. The highest BCUT2D eigenvalue weighted by Gasteiger charge is 2.20. The minimum absolute atomic E-state index is 0.187. The van der Waals surface area contributed by atoms with Crippen molar-refractivity contribution >= 4 is 0 Å². The molecule has 2 heterocycles. The van der Waals surface area contributed by atoms with E-state index in [0.29, 0.717) is 0 Å². The highest BCUT2D eigenvalue weighted by atomic mass is 16.2. The zero-order valence-corrected chi connectivity index (χ0v) is 7.78. The highest BCUT2D eigenvalue weighted by molar-refractivity contribution is 5.08. The minimum atomic E-state index is -0.203. The van der Waals surface area contributed by atoms with Gasteiger partial charge in [0, 0.05) is 24.8 Å². The van der Waals surface area contributed by atoms with E-state index in [9.17, 15) is 9.59 Å². The van der Waals surface area contributed by atoms with Gasteiger partial charge in [-0.3, -0.25) is 13.9 Å². The lowest BCUT2D eigenvalue weighted by atomic mass is 10.2. The SMILES string of the molecule is C[C@H]1CCc2cc(=O)n(C)c(=O)n21. The fourth-order valence-corrected chi connectivity index (χ4v) is 1.84. The first-order valence-electron chi connectivity index (χ1n) is 4.42. The molecule has 0 aliphatic carbocycles. The van der Waals surface area contributed by atoms with Crippen LogP contribution in [-0.4, -0.2) is 9.13 Å². The van der Waals surface area contributed by atoms with E-state index in [1.54, 1.807) is 10.6 Å². The molecule has 4 nitrogen and oxygen atoms in total. The fourth-order valence-electron chi connectivity index (χ4n) is 1.84. The van der Waals surface area contributed by atoms with Crippen molar-refractivity contribution in [3.8, 4) is 0 Å². The summed E-state index contributed by atoms with van der Waals surface area (Å²) in [5, 5.41) is 0. The highest BCUT2D eigenvalue weighted by Crippen LogP contribution is 2.20. The van der Waals surface area contributed by atoms with Crippen LogP contribution in [0.4, 0.5) is 0 Å². The second-order valence-corrected chi connectivity index (χ2v) is 3.57. The van der Waals surface area contributed by atoms with Gasteiger partial charge in [-0.2, -0.15) is 0 Å². The van der Waals surface area contributed by atoms with E-state index in [1.165, 1.54) is 7.05 Å². The Morgan fingerprint density at radius 1 is 1.46 bits per heavy atom. The number of aryl methyl sites for hydroxylation is 1. The van der Waals surface area contributed by atoms with Crippen LogP contribution in [0.3, 0.4) is 0 Å². The molecule has 0 spiro atoms. The van der Waals surface area contributed by atoms with E-state index >= 15 is 0 Å². The van der Waals surface area contributed by atoms with Crippen molar-refractivity contribution in [3.63, 3.8) is 0 Å². The van der Waals surface area contributed by atoms with Crippen LogP contribution in [0.1, 0.15) is 25.1 Å². The maximum absolute atomic E-state index is 11.6. The fraction of sp³-hybridized carbons (Fsp3) is 0.556. The van der Waals surface area contributed by atoms with Crippen LogP contribution >= 0.6 is 0 Å². The van der Waals surface area contributed by atoms with Gasteiger partial charge < -0.3 is 0 Å². The van der Waals surface area contributed by atoms with Crippen molar-refractivity contribution in [2.24, 2.45) is 7.05 Å². The number of nitrogens with zero attached hydrogens (tertiary/aromatic N) is 2. The summed E-state index contributed by atoms with van der Waals surface area (Å²) < 4.78 is 2.87. The van der Waals surface area contributed by atoms with Gasteiger partial charge >= 0.3 is 5.69 Å². The van der Waals surface area contributed by atoms with Crippen LogP contribution in [0.15, 0.2) is 15.7 Å². The Morgan fingerprint density at radius 2 is 2.15 bits per heavy atom. The van der Waals surface area contributed by atoms with Gasteiger partial charge in [0.1, 0.15) is 0 Å². The number of fused-ring (bicyclic) bond motifs is 1. The Balaban J connectivity index is 2.83. The summed E-state index contributed by atoms with van der Waals surface area (Å²) in [5.41, 5.74) is 0.485. The quantitative estimate of drug-likeness (QED) is 0.566. The third-order valence-electron chi connectivity index (χ3n) is 2.68. The Hall–Kier alpha value is -1.32. The van der Waals surface area contributed by atoms with Crippen molar-refractivity contribution in [3.05, 3.63) is 32.6 Å². The molecule has 0 amide bonds. The molecule has 1 aliphatic heterocycles. The third-order valence-corrected chi connectivity index (χ3v) is 2.68. The predicted molar refractivity (Wildman–Crippen MR) is 49.0 cm³/mol. The van der Waals surface area contributed by atoms with Gasteiger partial charge in [-0.05, 0) is 19.8 Å². The van der Waals surface area contributed by atoms with E-state index < -0.39 is 0 Å². The van der Waals surface area contributed by atoms with Crippen molar-refractivity contribution in [1.29, 1.82) is 0 Å². The smallest absolute Gasteiger partial charge is 0.295 e. The van der Waals surface area contributed by atoms with Crippen LogP contribution in [0.5, 0.6) is 0 Å². The van der Waals surface area contributed by atoms with E-state index in [-0.39, 0.29) is 17.3 Å². The van der Waals surface area contributed by atoms with Gasteiger partial charge in [-0.25, -0.2) is 4.79 Å². The summed E-state index contributed by atoms with van der Waals surface area (Å²) in [7, 11) is 1.52. The Kier molecular flexibility index (Phi) is 1.65. The molecule has 0 aromatic carbocycles. The monoisotopic (exact) mass is 180 g/mol. The normalized spacial score (nSPS) is 20.3. The molecule has 0 N–H and O–H groups in total. The van der Waals surface area contributed by atoms with E-state index in [1.807, 2.05) is 6.92 Å². The van der Waals surface area contributed by atoms with Crippen LogP contribution in [-0.2, 0) is 13.5 Å². The Labute approximate surface area is 75.4 Å². The average Bonchev–Trinajstić information content (AvgIpc) is 2.43. The number of hydrogen-bond acceptors (Lipinski definition) is 2. The molecule has 0 fully saturated rings. The maximum atomic E-state index is 11.6. The lowest BCUT2D eigenvalue weighted by Crippen LogP contribution is -2.38. The van der Waals surface area contributed by atoms with E-state index in [4.69, 9.17) is 0 Å². The lowest BCUT2D eigenvalue weighted by Gasteiger charge is -2.09. The average molecular weight is 180 g/mol. The topological polar surface area (TPSA) is 44.0 Å². The molecule has 1 aromatic rings. The molecule has 13 heavy (non-hydrogen) atoms. The molecule has 1 atom stereocenters. The summed E-state index contributed by atoms with van der Waals surface area (Å²) in [6.07, 6.45) is 1.80. The molecule has 0 radical (unpaired) electrons. The molecule has 0 saturated heterocycles. The van der Waals surface area contributed by atoms with Crippen LogP contribution < -0.4 is 11.2 Å². The number of aromatic nitrogens is 2. The molecule has 1 aromatic heterocycles. The van der Waals surface area contributed by atoms with E-state index in [0.717, 1.165) is 23.1 Å². The molecular weight excluding hydrogens is 168 g/mol. The number of rotatable bonds is 0. The lowest BCUT2D eigenvalue weighted by molar-refractivity contribution is 0.528. The third kappa shape index (κ3) is 1.05. The van der Waals surface area contributed by atoms with Crippen LogP contribution in [0.25, 0.3) is 0 Å². The zero-order valence-electron chi connectivity index (χ0n) is 7.78. The first-order valence-corrected chi connectivity index (χ1v) is 4.42. The molecule has 1 aliphatic rings. The van der Waals surface area contributed by atoms with Gasteiger partial charge in [-0.1, -0.05) is 0 Å². The summed E-state index contributed by atoms with van der Waals surface area (Å²) in [4.78, 5) is 22.9. The maximum Gasteiger partial charge on any atom is 0.331 e. The van der Waals surface area contributed by atoms with Gasteiger partial charge in [0.15, 0.2) is 0 Å². The minimum Gasteiger partial charge on any atom is -0.295 e. The van der Waals surface area contributed by atoms with Gasteiger partial charge in [-0.15, -0.1) is 0 Å². The molecule has 70 valence electrons. The molecule has 4 heteroatoms. The molecule has 2 rings (SSSR count). The van der Waals surface area contributed by atoms with Gasteiger partial charge in [0.05, 0.1) is 0 Å². The standard InChI is InChI=1S/C9H12N2O2/c1-6-3-4-7-5-8(12)10(2)9(13)11(6)7/h5-6H,3-4H2,1-2H3/t6-/m0/s1. The van der Waals surface area contributed by atoms with Crippen molar-refractivity contribution in [2.75, 3.05) is 0 Å². The summed E-state index contributed by atoms with van der Waals surface area (Å²) in [6, 6.07) is 1.79. The first-order chi connectivity index (χ1) is 6.11. The predicted octanol–water partition coefficient (Wildman–Crippen LogP) is 0.0542. The molecule has 0 unspecified atom stereocenters. The molecule has 0 bridgehead atoms. The second-order valence-electron chi connectivity index (χ2n) is 3.57. The van der Waals surface area contributed by atoms with Gasteiger partial charge in [0.25, 0.3) is 5.56 Å². The Bertz CT molecular complexity index is 456. The van der Waals surface area contributed by atoms with Crippen molar-refractivity contribution in [2.45, 2.75) is 25.8 Å². The van der Waals surface area contributed by atoms with Crippen molar-refractivity contribution < 1.29 is 0 Å². The molecule has 0 saturated carbocycles. The number of hydrogen-bond donors (Lipinski definition) is 0. The first kappa shape index (κ1) is 8.29. The van der Waals surface area contributed by atoms with Crippen LogP contribution in [0.2, 0.25) is 0 Å².